The van der Waals surface area contributed by atoms with Crippen LogP contribution in [0.3, 0.4) is 0 Å². The second kappa shape index (κ2) is 7.36. The number of hydrogen-bond acceptors (Lipinski definition) is 4. The van der Waals surface area contributed by atoms with Crippen LogP contribution in [0, 0.1) is 11.7 Å². The molecular formula is C19H15F4N3O3. The molecule has 1 aliphatic heterocycles. The minimum Gasteiger partial charge on any atom is -0.406 e. The highest BCUT2D eigenvalue weighted by atomic mass is 19.4. The zero-order valence-corrected chi connectivity index (χ0v) is 14.9. The van der Waals surface area contributed by atoms with E-state index in [1.165, 1.54) is 34.9 Å². The van der Waals surface area contributed by atoms with E-state index in [1.54, 1.807) is 0 Å². The molecule has 2 aromatic heterocycles. The second-order valence-corrected chi connectivity index (χ2v) is 6.51. The zero-order chi connectivity index (χ0) is 20.6. The first-order valence-electron chi connectivity index (χ1n) is 8.72. The topological polar surface area (TPSA) is 64.9 Å². The number of aromatic nitrogens is 2. The van der Waals surface area contributed by atoms with Crippen LogP contribution in [0.1, 0.15) is 6.42 Å². The monoisotopic (exact) mass is 409 g/mol. The number of amides is 1. The molecule has 1 atom stereocenters. The Morgan fingerprint density at radius 1 is 1.21 bits per heavy atom. The van der Waals surface area contributed by atoms with Gasteiger partial charge in [0, 0.05) is 18.4 Å². The van der Waals surface area contributed by atoms with Gasteiger partial charge < -0.3 is 14.8 Å². The highest BCUT2D eigenvalue weighted by Crippen LogP contribution is 2.32. The molecule has 1 unspecified atom stereocenters. The SMILES string of the molecule is O=C(Nc1nc2ccc(F)cn2c1-c1ccc(OC(F)(F)F)cc1)C1CCOC1. The maximum atomic E-state index is 13.8. The van der Waals surface area contributed by atoms with Gasteiger partial charge in [0.05, 0.1) is 18.2 Å². The normalized spacial score (nSPS) is 16.9. The Labute approximate surface area is 162 Å². The summed E-state index contributed by atoms with van der Waals surface area (Å²) in [6.45, 7) is 0.786. The van der Waals surface area contributed by atoms with E-state index >= 15 is 0 Å². The van der Waals surface area contributed by atoms with Crippen LogP contribution in [0.2, 0.25) is 0 Å². The van der Waals surface area contributed by atoms with Crippen LogP contribution in [-0.4, -0.2) is 34.9 Å². The number of benzene rings is 1. The van der Waals surface area contributed by atoms with E-state index in [0.717, 1.165) is 12.1 Å². The molecule has 1 saturated heterocycles. The summed E-state index contributed by atoms with van der Waals surface area (Å²) in [6, 6.07) is 7.69. The molecular weight excluding hydrogens is 394 g/mol. The van der Waals surface area contributed by atoms with Crippen LogP contribution in [0.5, 0.6) is 5.75 Å². The van der Waals surface area contributed by atoms with Crippen molar-refractivity contribution < 1.29 is 31.8 Å². The van der Waals surface area contributed by atoms with Gasteiger partial charge in [0.1, 0.15) is 17.2 Å². The minimum absolute atomic E-state index is 0.178. The van der Waals surface area contributed by atoms with E-state index in [4.69, 9.17) is 4.74 Å². The number of nitrogens with one attached hydrogen (secondary N) is 1. The van der Waals surface area contributed by atoms with Gasteiger partial charge in [-0.2, -0.15) is 0 Å². The van der Waals surface area contributed by atoms with Crippen LogP contribution in [0.15, 0.2) is 42.6 Å². The summed E-state index contributed by atoms with van der Waals surface area (Å²) >= 11 is 0. The number of halogens is 4. The van der Waals surface area contributed by atoms with Crippen molar-refractivity contribution in [3.63, 3.8) is 0 Å². The van der Waals surface area contributed by atoms with Crippen LogP contribution >= 0.6 is 0 Å². The highest BCUT2D eigenvalue weighted by molar-refractivity contribution is 5.96. The Bertz CT molecular complexity index is 1040. The van der Waals surface area contributed by atoms with Gasteiger partial charge in [-0.15, -0.1) is 13.2 Å². The van der Waals surface area contributed by atoms with Gasteiger partial charge in [0.2, 0.25) is 5.91 Å². The number of pyridine rings is 1. The van der Waals surface area contributed by atoms with Crippen molar-refractivity contribution in [3.8, 4) is 17.0 Å². The van der Waals surface area contributed by atoms with E-state index in [0.29, 0.717) is 36.5 Å². The molecule has 0 saturated carbocycles. The summed E-state index contributed by atoms with van der Waals surface area (Å²) in [5.41, 5.74) is 1.14. The molecule has 29 heavy (non-hydrogen) atoms. The van der Waals surface area contributed by atoms with E-state index in [1.807, 2.05) is 0 Å². The van der Waals surface area contributed by atoms with Gasteiger partial charge in [0.15, 0.2) is 5.82 Å². The Morgan fingerprint density at radius 2 is 1.97 bits per heavy atom. The first kappa shape index (κ1) is 19.2. The molecule has 3 heterocycles. The second-order valence-electron chi connectivity index (χ2n) is 6.51. The third-order valence-corrected chi connectivity index (χ3v) is 4.49. The Morgan fingerprint density at radius 3 is 2.62 bits per heavy atom. The smallest absolute Gasteiger partial charge is 0.406 e. The van der Waals surface area contributed by atoms with Gasteiger partial charge >= 0.3 is 6.36 Å². The summed E-state index contributed by atoms with van der Waals surface area (Å²) in [5.74, 6) is -1.36. The number of fused-ring (bicyclic) bond motifs is 1. The lowest BCUT2D eigenvalue weighted by Crippen LogP contribution is -2.23. The van der Waals surface area contributed by atoms with Crippen molar-refractivity contribution in [2.45, 2.75) is 12.8 Å². The van der Waals surface area contributed by atoms with Gasteiger partial charge in [-0.25, -0.2) is 9.37 Å². The first-order chi connectivity index (χ1) is 13.8. The van der Waals surface area contributed by atoms with Crippen molar-refractivity contribution in [2.24, 2.45) is 5.92 Å². The highest BCUT2D eigenvalue weighted by Gasteiger charge is 2.31. The molecule has 1 N–H and O–H groups in total. The Balaban J connectivity index is 1.73. The molecule has 10 heteroatoms. The average Bonchev–Trinajstić information content (AvgIpc) is 3.29. The molecule has 1 aromatic carbocycles. The fraction of sp³-hybridized carbons (Fsp3) is 0.263. The number of alkyl halides is 3. The van der Waals surface area contributed by atoms with Crippen molar-refractivity contribution >= 4 is 17.4 Å². The first-order valence-corrected chi connectivity index (χ1v) is 8.72. The number of ether oxygens (including phenoxy) is 2. The number of rotatable bonds is 4. The lowest BCUT2D eigenvalue weighted by molar-refractivity contribution is -0.274. The standard InChI is InChI=1S/C19H15F4N3O3/c20-13-3-6-15-24-17(25-18(27)12-7-8-28-10-12)16(26(15)9-13)11-1-4-14(5-2-11)29-19(21,22)23/h1-6,9,12H,7-8,10H2,(H,25,27). The Hall–Kier alpha value is -3.14. The Kier molecular flexibility index (Phi) is 4.87. The largest absolute Gasteiger partial charge is 0.573 e. The minimum atomic E-state index is -4.81. The number of imidazole rings is 1. The molecule has 0 bridgehead atoms. The lowest BCUT2D eigenvalue weighted by Gasteiger charge is -2.11. The molecule has 0 aliphatic carbocycles. The number of carbonyl (C=O) groups excluding carboxylic acids is 1. The van der Waals surface area contributed by atoms with Gasteiger partial charge in [-0.1, -0.05) is 0 Å². The van der Waals surface area contributed by atoms with Gasteiger partial charge in [-0.05, 0) is 42.8 Å². The van der Waals surface area contributed by atoms with Crippen LogP contribution in [0.25, 0.3) is 16.9 Å². The maximum Gasteiger partial charge on any atom is 0.573 e. The summed E-state index contributed by atoms with van der Waals surface area (Å²) in [6.07, 6.45) is -3.05. The quantitative estimate of drug-likeness (QED) is 0.662. The van der Waals surface area contributed by atoms with E-state index < -0.39 is 17.9 Å². The summed E-state index contributed by atoms with van der Waals surface area (Å²) < 4.78 is 61.5. The molecule has 3 aromatic rings. The van der Waals surface area contributed by atoms with Crippen LogP contribution in [-0.2, 0) is 9.53 Å². The molecule has 0 spiro atoms. The number of anilines is 1. The van der Waals surface area contributed by atoms with Crippen molar-refractivity contribution in [1.29, 1.82) is 0 Å². The van der Waals surface area contributed by atoms with Gasteiger partial charge in [-0.3, -0.25) is 9.20 Å². The number of carbonyl (C=O) groups is 1. The van der Waals surface area contributed by atoms with Crippen LogP contribution < -0.4 is 10.1 Å². The third kappa shape index (κ3) is 4.16. The molecule has 6 nitrogen and oxygen atoms in total. The molecule has 4 rings (SSSR count). The van der Waals surface area contributed by atoms with E-state index in [-0.39, 0.29) is 17.6 Å². The van der Waals surface area contributed by atoms with Crippen molar-refractivity contribution in [3.05, 3.63) is 48.4 Å². The van der Waals surface area contributed by atoms with Gasteiger partial charge in [0.25, 0.3) is 0 Å². The fourth-order valence-electron chi connectivity index (χ4n) is 3.16. The van der Waals surface area contributed by atoms with Crippen molar-refractivity contribution in [2.75, 3.05) is 18.5 Å². The van der Waals surface area contributed by atoms with Crippen molar-refractivity contribution in [1.82, 2.24) is 9.38 Å². The molecule has 152 valence electrons. The molecule has 1 amide bonds. The average molecular weight is 409 g/mol. The number of hydrogen-bond donors (Lipinski definition) is 1. The zero-order valence-electron chi connectivity index (χ0n) is 14.9. The molecule has 1 fully saturated rings. The fourth-order valence-corrected chi connectivity index (χ4v) is 3.16. The molecule has 0 radical (unpaired) electrons. The van der Waals surface area contributed by atoms with E-state index in [2.05, 4.69) is 15.0 Å². The predicted molar refractivity (Wildman–Crippen MR) is 94.8 cm³/mol. The van der Waals surface area contributed by atoms with Crippen LogP contribution in [0.4, 0.5) is 23.4 Å². The lowest BCUT2D eigenvalue weighted by atomic mass is 10.1. The third-order valence-electron chi connectivity index (χ3n) is 4.49. The number of nitrogens with zero attached hydrogens (tertiary/aromatic N) is 2. The summed E-state index contributed by atoms with van der Waals surface area (Å²) in [5, 5.41) is 2.73. The molecule has 1 aliphatic rings. The maximum absolute atomic E-state index is 13.8. The predicted octanol–water partition coefficient (Wildman–Crippen LogP) is 4.01. The summed E-state index contributed by atoms with van der Waals surface area (Å²) in [7, 11) is 0. The summed E-state index contributed by atoms with van der Waals surface area (Å²) in [4.78, 5) is 16.8. The van der Waals surface area contributed by atoms with E-state index in [9.17, 15) is 22.4 Å².